The number of hydrogen-bond acceptors (Lipinski definition) is 1. The largest absolute Gasteiger partial charge is 0.481 e. The molecule has 19 heavy (non-hydrogen) atoms. The van der Waals surface area contributed by atoms with Crippen molar-refractivity contribution in [1.82, 2.24) is 0 Å². The number of aliphatic carboxylic acids is 1. The molecular weight excluding hydrogens is 236 g/mol. The van der Waals surface area contributed by atoms with Crippen molar-refractivity contribution in [1.29, 1.82) is 0 Å². The first kappa shape index (κ1) is 14.1. The molecule has 0 heterocycles. The van der Waals surface area contributed by atoms with Gasteiger partial charge in [0.15, 0.2) is 0 Å². The number of aryl methyl sites for hydroxylation is 3. The fourth-order valence-corrected chi connectivity index (χ4v) is 2.78. The molecule has 0 amide bonds. The first-order chi connectivity index (χ1) is 8.99. The number of carbonyl (C=O) groups is 1. The molecule has 0 unspecified atom stereocenters. The zero-order valence-corrected chi connectivity index (χ0v) is 12.0. The summed E-state index contributed by atoms with van der Waals surface area (Å²) >= 11 is 0. The SMILES string of the molecule is CC(C)(CCCc1ccc2c(c1)CCCC2)C(=O)O. The minimum Gasteiger partial charge on any atom is -0.481 e. The summed E-state index contributed by atoms with van der Waals surface area (Å²) in [4.78, 5) is 11.1. The monoisotopic (exact) mass is 260 g/mol. The van der Waals surface area contributed by atoms with E-state index in [2.05, 4.69) is 18.2 Å². The van der Waals surface area contributed by atoms with Crippen molar-refractivity contribution >= 4 is 5.97 Å². The van der Waals surface area contributed by atoms with E-state index < -0.39 is 11.4 Å². The van der Waals surface area contributed by atoms with Crippen LogP contribution in [-0.2, 0) is 24.1 Å². The number of rotatable bonds is 5. The van der Waals surface area contributed by atoms with Crippen LogP contribution < -0.4 is 0 Å². The second kappa shape index (κ2) is 5.77. The highest BCUT2D eigenvalue weighted by atomic mass is 16.4. The third-order valence-corrected chi connectivity index (χ3v) is 4.26. The molecule has 0 saturated heterocycles. The number of fused-ring (bicyclic) bond motifs is 1. The van der Waals surface area contributed by atoms with Gasteiger partial charge in [-0.15, -0.1) is 0 Å². The fraction of sp³-hybridized carbons (Fsp3) is 0.588. The molecular formula is C17H24O2. The fourth-order valence-electron chi connectivity index (χ4n) is 2.78. The molecule has 2 rings (SSSR count). The van der Waals surface area contributed by atoms with E-state index in [4.69, 9.17) is 5.11 Å². The van der Waals surface area contributed by atoms with Gasteiger partial charge in [0.1, 0.15) is 0 Å². The van der Waals surface area contributed by atoms with Crippen molar-refractivity contribution in [2.45, 2.75) is 58.8 Å². The average molecular weight is 260 g/mol. The number of hydrogen-bond donors (Lipinski definition) is 1. The lowest BCUT2D eigenvalue weighted by molar-refractivity contribution is -0.147. The maximum Gasteiger partial charge on any atom is 0.309 e. The van der Waals surface area contributed by atoms with Crippen LogP contribution in [-0.4, -0.2) is 11.1 Å². The Morgan fingerprint density at radius 2 is 1.89 bits per heavy atom. The van der Waals surface area contributed by atoms with Gasteiger partial charge in [0.05, 0.1) is 5.41 Å². The Labute approximate surface area is 115 Å². The molecule has 2 nitrogen and oxygen atoms in total. The molecule has 1 aliphatic rings. The van der Waals surface area contributed by atoms with Crippen molar-refractivity contribution in [2.75, 3.05) is 0 Å². The Morgan fingerprint density at radius 3 is 2.58 bits per heavy atom. The molecule has 1 aliphatic carbocycles. The average Bonchev–Trinajstić information content (AvgIpc) is 2.38. The first-order valence-corrected chi connectivity index (χ1v) is 7.33. The highest BCUT2D eigenvalue weighted by molar-refractivity contribution is 5.73. The highest BCUT2D eigenvalue weighted by Gasteiger charge is 2.26. The van der Waals surface area contributed by atoms with Gasteiger partial charge in [0.25, 0.3) is 0 Å². The van der Waals surface area contributed by atoms with E-state index in [9.17, 15) is 4.79 Å². The molecule has 0 saturated carbocycles. The van der Waals surface area contributed by atoms with Crippen molar-refractivity contribution in [3.8, 4) is 0 Å². The molecule has 2 heteroatoms. The van der Waals surface area contributed by atoms with Gasteiger partial charge in [-0.05, 0) is 75.5 Å². The van der Waals surface area contributed by atoms with E-state index in [1.54, 1.807) is 0 Å². The van der Waals surface area contributed by atoms with Crippen LogP contribution >= 0.6 is 0 Å². The minimum absolute atomic E-state index is 0.603. The van der Waals surface area contributed by atoms with Crippen LogP contribution in [0, 0.1) is 5.41 Å². The molecule has 0 fully saturated rings. The molecule has 104 valence electrons. The maximum atomic E-state index is 11.1. The topological polar surface area (TPSA) is 37.3 Å². The molecule has 0 radical (unpaired) electrons. The summed E-state index contributed by atoms with van der Waals surface area (Å²) < 4.78 is 0. The number of carboxylic acids is 1. The summed E-state index contributed by atoms with van der Waals surface area (Å²) in [6.07, 6.45) is 7.73. The molecule has 0 spiro atoms. The van der Waals surface area contributed by atoms with Gasteiger partial charge >= 0.3 is 5.97 Å². The number of carboxylic acid groups (broad SMARTS) is 1. The minimum atomic E-state index is -0.696. The van der Waals surface area contributed by atoms with E-state index in [0.29, 0.717) is 0 Å². The Kier molecular flexibility index (Phi) is 4.28. The quantitative estimate of drug-likeness (QED) is 0.869. The van der Waals surface area contributed by atoms with E-state index in [1.165, 1.54) is 42.4 Å². The second-order valence-electron chi connectivity index (χ2n) is 6.35. The Hall–Kier alpha value is -1.31. The zero-order valence-electron chi connectivity index (χ0n) is 12.0. The summed E-state index contributed by atoms with van der Waals surface area (Å²) in [5.74, 6) is -0.696. The first-order valence-electron chi connectivity index (χ1n) is 7.33. The van der Waals surface area contributed by atoms with Gasteiger partial charge in [-0.25, -0.2) is 0 Å². The van der Waals surface area contributed by atoms with E-state index in [-0.39, 0.29) is 0 Å². The van der Waals surface area contributed by atoms with Crippen LogP contribution in [0.1, 0.15) is 56.2 Å². The Morgan fingerprint density at radius 1 is 1.21 bits per heavy atom. The van der Waals surface area contributed by atoms with Crippen LogP contribution in [0.25, 0.3) is 0 Å². The summed E-state index contributed by atoms with van der Waals surface area (Å²) in [5, 5.41) is 9.10. The predicted molar refractivity (Wildman–Crippen MR) is 77.4 cm³/mol. The van der Waals surface area contributed by atoms with E-state index in [0.717, 1.165) is 19.3 Å². The molecule has 0 aromatic heterocycles. The Balaban J connectivity index is 1.92. The normalized spacial score (nSPS) is 15.1. The number of benzene rings is 1. The van der Waals surface area contributed by atoms with Gasteiger partial charge in [-0.2, -0.15) is 0 Å². The van der Waals surface area contributed by atoms with Crippen molar-refractivity contribution in [2.24, 2.45) is 5.41 Å². The standard InChI is InChI=1S/C17H24O2/c1-17(2,16(18)19)11-5-6-13-9-10-14-7-3-4-8-15(14)12-13/h9-10,12H,3-8,11H2,1-2H3,(H,18,19). The van der Waals surface area contributed by atoms with Crippen molar-refractivity contribution < 1.29 is 9.90 Å². The van der Waals surface area contributed by atoms with Crippen LogP contribution in [0.4, 0.5) is 0 Å². The van der Waals surface area contributed by atoms with E-state index >= 15 is 0 Å². The maximum absolute atomic E-state index is 11.1. The lowest BCUT2D eigenvalue weighted by atomic mass is 9.85. The van der Waals surface area contributed by atoms with Crippen LogP contribution in [0.5, 0.6) is 0 Å². The van der Waals surface area contributed by atoms with Gasteiger partial charge in [0.2, 0.25) is 0 Å². The van der Waals surface area contributed by atoms with Gasteiger partial charge < -0.3 is 5.11 Å². The third kappa shape index (κ3) is 3.59. The summed E-state index contributed by atoms with van der Waals surface area (Å²) in [6, 6.07) is 6.83. The zero-order chi connectivity index (χ0) is 13.9. The van der Waals surface area contributed by atoms with Crippen LogP contribution in [0.3, 0.4) is 0 Å². The second-order valence-corrected chi connectivity index (χ2v) is 6.35. The van der Waals surface area contributed by atoms with Gasteiger partial charge in [-0.1, -0.05) is 18.2 Å². The van der Waals surface area contributed by atoms with Gasteiger partial charge in [-0.3, -0.25) is 4.79 Å². The predicted octanol–water partition coefficient (Wildman–Crippen LogP) is 4.00. The third-order valence-electron chi connectivity index (χ3n) is 4.26. The van der Waals surface area contributed by atoms with Crippen molar-refractivity contribution in [3.05, 3.63) is 34.9 Å². The summed E-state index contributed by atoms with van der Waals surface area (Å²) in [5.41, 5.74) is 3.79. The molecule has 1 aromatic rings. The summed E-state index contributed by atoms with van der Waals surface area (Å²) in [7, 11) is 0. The highest BCUT2D eigenvalue weighted by Crippen LogP contribution is 2.26. The molecule has 0 bridgehead atoms. The molecule has 1 aromatic carbocycles. The van der Waals surface area contributed by atoms with Crippen LogP contribution in [0.15, 0.2) is 18.2 Å². The lowest BCUT2D eigenvalue weighted by Crippen LogP contribution is -2.23. The molecule has 1 N–H and O–H groups in total. The smallest absolute Gasteiger partial charge is 0.309 e. The lowest BCUT2D eigenvalue weighted by Gasteiger charge is -2.19. The van der Waals surface area contributed by atoms with Crippen molar-refractivity contribution in [3.63, 3.8) is 0 Å². The molecule has 0 atom stereocenters. The van der Waals surface area contributed by atoms with Gasteiger partial charge in [0, 0.05) is 0 Å². The van der Waals surface area contributed by atoms with Crippen LogP contribution in [0.2, 0.25) is 0 Å². The van der Waals surface area contributed by atoms with E-state index in [1.807, 2.05) is 13.8 Å². The summed E-state index contributed by atoms with van der Waals surface area (Å²) in [6.45, 7) is 3.62. The Bertz CT molecular complexity index is 460. The molecule has 0 aliphatic heterocycles.